The zero-order valence-electron chi connectivity index (χ0n) is 10.8. The number of aryl methyl sites for hydroxylation is 1. The Hall–Kier alpha value is -1.87. The summed E-state index contributed by atoms with van der Waals surface area (Å²) in [5.41, 5.74) is 7.96. The molecule has 0 saturated heterocycles. The lowest BCUT2D eigenvalue weighted by atomic mass is 10.1. The van der Waals surface area contributed by atoms with Crippen molar-refractivity contribution in [3.63, 3.8) is 0 Å². The number of aromatic nitrogens is 1. The van der Waals surface area contributed by atoms with Crippen LogP contribution in [-0.4, -0.2) is 11.0 Å². The Morgan fingerprint density at radius 3 is 2.72 bits per heavy atom. The zero-order valence-corrected chi connectivity index (χ0v) is 10.8. The third-order valence-corrected chi connectivity index (χ3v) is 2.69. The van der Waals surface area contributed by atoms with Crippen LogP contribution in [0.15, 0.2) is 42.6 Å². The average Bonchev–Trinajstić information content (AvgIpc) is 2.34. The van der Waals surface area contributed by atoms with Gasteiger partial charge < -0.3 is 10.5 Å². The van der Waals surface area contributed by atoms with Crippen molar-refractivity contribution < 1.29 is 4.74 Å². The smallest absolute Gasteiger partial charge is 0.222 e. The first-order valence-electron chi connectivity index (χ1n) is 6.10. The summed E-state index contributed by atoms with van der Waals surface area (Å²) in [6, 6.07) is 11.9. The van der Waals surface area contributed by atoms with Gasteiger partial charge in [0.05, 0.1) is 0 Å². The van der Waals surface area contributed by atoms with Gasteiger partial charge in [-0.25, -0.2) is 4.98 Å². The Morgan fingerprint density at radius 1 is 1.22 bits per heavy atom. The van der Waals surface area contributed by atoms with Gasteiger partial charge in [-0.2, -0.15) is 0 Å². The number of hydrogen-bond acceptors (Lipinski definition) is 3. The summed E-state index contributed by atoms with van der Waals surface area (Å²) in [7, 11) is 0. The fraction of sp³-hybridized carbons (Fsp3) is 0.267. The summed E-state index contributed by atoms with van der Waals surface area (Å²) in [5, 5.41) is 0. The van der Waals surface area contributed by atoms with E-state index in [1.165, 1.54) is 0 Å². The minimum absolute atomic E-state index is 0.0911. The fourth-order valence-corrected chi connectivity index (χ4v) is 1.79. The molecule has 0 bridgehead atoms. The van der Waals surface area contributed by atoms with Crippen LogP contribution in [-0.2, 0) is 6.42 Å². The van der Waals surface area contributed by atoms with Crippen LogP contribution < -0.4 is 10.5 Å². The molecule has 1 aromatic heterocycles. The second-order valence-corrected chi connectivity index (χ2v) is 4.52. The minimum Gasteiger partial charge on any atom is -0.438 e. The molecule has 1 aromatic carbocycles. The van der Waals surface area contributed by atoms with Gasteiger partial charge in [0.25, 0.3) is 0 Å². The molecule has 0 fully saturated rings. The van der Waals surface area contributed by atoms with Gasteiger partial charge in [0.2, 0.25) is 5.88 Å². The van der Waals surface area contributed by atoms with Crippen molar-refractivity contribution in [3.8, 4) is 11.6 Å². The predicted molar refractivity (Wildman–Crippen MR) is 72.8 cm³/mol. The van der Waals surface area contributed by atoms with Crippen LogP contribution in [0.2, 0.25) is 0 Å². The summed E-state index contributed by atoms with van der Waals surface area (Å²) in [5.74, 6) is 1.48. The van der Waals surface area contributed by atoms with Crippen molar-refractivity contribution in [1.29, 1.82) is 0 Å². The monoisotopic (exact) mass is 242 g/mol. The number of hydrogen-bond donors (Lipinski definition) is 1. The van der Waals surface area contributed by atoms with Gasteiger partial charge in [-0.05, 0) is 38.0 Å². The number of benzene rings is 1. The van der Waals surface area contributed by atoms with Crippen molar-refractivity contribution in [1.82, 2.24) is 4.98 Å². The molecule has 0 saturated carbocycles. The summed E-state index contributed by atoms with van der Waals surface area (Å²) < 4.78 is 5.87. The van der Waals surface area contributed by atoms with E-state index in [-0.39, 0.29) is 6.04 Å². The molecule has 3 nitrogen and oxygen atoms in total. The molecule has 1 unspecified atom stereocenters. The largest absolute Gasteiger partial charge is 0.438 e. The molecule has 1 heterocycles. The highest BCUT2D eigenvalue weighted by atomic mass is 16.5. The van der Waals surface area contributed by atoms with Crippen molar-refractivity contribution in [2.45, 2.75) is 26.3 Å². The van der Waals surface area contributed by atoms with Crippen molar-refractivity contribution in [2.24, 2.45) is 5.73 Å². The Kier molecular flexibility index (Phi) is 3.95. The van der Waals surface area contributed by atoms with E-state index in [0.717, 1.165) is 23.3 Å². The topological polar surface area (TPSA) is 48.1 Å². The zero-order chi connectivity index (χ0) is 13.0. The van der Waals surface area contributed by atoms with Crippen LogP contribution in [0.25, 0.3) is 0 Å². The molecular weight excluding hydrogens is 224 g/mol. The number of rotatable bonds is 4. The molecular formula is C15H18N2O. The van der Waals surface area contributed by atoms with Gasteiger partial charge in [-0.15, -0.1) is 0 Å². The third-order valence-electron chi connectivity index (χ3n) is 2.69. The van der Waals surface area contributed by atoms with Crippen molar-refractivity contribution in [2.75, 3.05) is 0 Å². The molecule has 94 valence electrons. The van der Waals surface area contributed by atoms with Crippen molar-refractivity contribution in [3.05, 3.63) is 53.7 Å². The van der Waals surface area contributed by atoms with Gasteiger partial charge >= 0.3 is 0 Å². The second kappa shape index (κ2) is 5.65. The Bertz CT molecular complexity index is 523. The number of ether oxygens (including phenoxy) is 1. The summed E-state index contributed by atoms with van der Waals surface area (Å²) in [4.78, 5) is 4.29. The molecule has 0 amide bonds. The molecule has 0 spiro atoms. The molecule has 2 rings (SSSR count). The van der Waals surface area contributed by atoms with E-state index in [1.54, 1.807) is 6.20 Å². The van der Waals surface area contributed by atoms with Crippen LogP contribution >= 0.6 is 0 Å². The van der Waals surface area contributed by atoms with Crippen LogP contribution in [0.1, 0.15) is 18.1 Å². The molecule has 0 radical (unpaired) electrons. The quantitative estimate of drug-likeness (QED) is 0.896. The highest BCUT2D eigenvalue weighted by molar-refractivity contribution is 5.37. The summed E-state index contributed by atoms with van der Waals surface area (Å²) in [6.07, 6.45) is 2.49. The van der Waals surface area contributed by atoms with Crippen LogP contribution in [0, 0.1) is 6.92 Å². The molecule has 1 atom stereocenters. The molecule has 0 aliphatic rings. The van der Waals surface area contributed by atoms with Gasteiger partial charge in [0.15, 0.2) is 0 Å². The molecule has 18 heavy (non-hydrogen) atoms. The first kappa shape index (κ1) is 12.6. The lowest BCUT2D eigenvalue weighted by Gasteiger charge is -2.12. The normalized spacial score (nSPS) is 12.2. The minimum atomic E-state index is 0.0911. The summed E-state index contributed by atoms with van der Waals surface area (Å²) in [6.45, 7) is 3.99. The molecule has 0 aliphatic heterocycles. The molecule has 2 N–H and O–H groups in total. The van der Waals surface area contributed by atoms with E-state index >= 15 is 0 Å². The Balaban J connectivity index is 2.26. The molecule has 0 aliphatic carbocycles. The van der Waals surface area contributed by atoms with Gasteiger partial charge in [0.1, 0.15) is 5.75 Å². The predicted octanol–water partition coefficient (Wildman–Crippen LogP) is 3.07. The van der Waals surface area contributed by atoms with Gasteiger partial charge in [-0.1, -0.05) is 24.3 Å². The van der Waals surface area contributed by atoms with Crippen LogP contribution in [0.4, 0.5) is 0 Å². The Morgan fingerprint density at radius 2 is 2.00 bits per heavy atom. The van der Waals surface area contributed by atoms with E-state index in [1.807, 2.05) is 50.2 Å². The molecule has 3 heteroatoms. The lowest BCUT2D eigenvalue weighted by Crippen LogP contribution is -2.18. The maximum atomic E-state index is 5.87. The number of nitrogens with two attached hydrogens (primary N) is 1. The van der Waals surface area contributed by atoms with Crippen LogP contribution in [0.3, 0.4) is 0 Å². The highest BCUT2D eigenvalue weighted by Gasteiger charge is 2.09. The first-order valence-corrected chi connectivity index (χ1v) is 6.10. The maximum absolute atomic E-state index is 5.87. The Labute approximate surface area is 108 Å². The molecule has 2 aromatic rings. The summed E-state index contributed by atoms with van der Waals surface area (Å²) >= 11 is 0. The van der Waals surface area contributed by atoms with E-state index < -0.39 is 0 Å². The van der Waals surface area contributed by atoms with Gasteiger partial charge in [0, 0.05) is 17.8 Å². The second-order valence-electron chi connectivity index (χ2n) is 4.52. The number of pyridine rings is 1. The standard InChI is InChI=1S/C15H18N2O/c1-11-6-3-4-8-14(11)18-15-13(10-12(2)16)7-5-9-17-15/h3-9,12H,10,16H2,1-2H3. The first-order chi connectivity index (χ1) is 8.66. The average molecular weight is 242 g/mol. The van der Waals surface area contributed by atoms with Crippen LogP contribution in [0.5, 0.6) is 11.6 Å². The van der Waals surface area contributed by atoms with E-state index in [9.17, 15) is 0 Å². The lowest BCUT2D eigenvalue weighted by molar-refractivity contribution is 0.450. The van der Waals surface area contributed by atoms with E-state index in [2.05, 4.69) is 4.98 Å². The maximum Gasteiger partial charge on any atom is 0.222 e. The van der Waals surface area contributed by atoms with Crippen molar-refractivity contribution >= 4 is 0 Å². The fourth-order valence-electron chi connectivity index (χ4n) is 1.79. The number of para-hydroxylation sites is 1. The number of nitrogens with zero attached hydrogens (tertiary/aromatic N) is 1. The van der Waals surface area contributed by atoms with Gasteiger partial charge in [-0.3, -0.25) is 0 Å². The SMILES string of the molecule is Cc1ccccc1Oc1ncccc1CC(C)N. The highest BCUT2D eigenvalue weighted by Crippen LogP contribution is 2.26. The third kappa shape index (κ3) is 3.08. The van der Waals surface area contributed by atoms with E-state index in [0.29, 0.717) is 5.88 Å². The van der Waals surface area contributed by atoms with E-state index in [4.69, 9.17) is 10.5 Å².